The lowest BCUT2D eigenvalue weighted by atomic mass is 10.2. The van der Waals surface area contributed by atoms with E-state index in [4.69, 9.17) is 19.0 Å². The number of fused-ring (bicyclic) bond motifs is 1. The minimum atomic E-state index is -1.08. The number of hydrogen-bond acceptors (Lipinski definition) is 6. The summed E-state index contributed by atoms with van der Waals surface area (Å²) in [7, 11) is 0. The van der Waals surface area contributed by atoms with Crippen LogP contribution in [-0.4, -0.2) is 34.5 Å². The number of carboxylic acids is 1. The summed E-state index contributed by atoms with van der Waals surface area (Å²) in [6.45, 7) is 0.941. The van der Waals surface area contributed by atoms with E-state index < -0.39 is 5.97 Å². The summed E-state index contributed by atoms with van der Waals surface area (Å²) < 4.78 is 16.4. The fraction of sp³-hybridized carbons (Fsp3) is 0.154. The van der Waals surface area contributed by atoms with Crippen LogP contribution in [0.25, 0.3) is 17.5 Å². The van der Waals surface area contributed by atoms with Crippen LogP contribution in [0.5, 0.6) is 11.5 Å². The highest BCUT2D eigenvalue weighted by molar-refractivity contribution is 5.84. The Labute approximate surface area is 113 Å². The van der Waals surface area contributed by atoms with E-state index in [9.17, 15) is 4.79 Å². The molecule has 2 heterocycles. The molecule has 0 aliphatic carbocycles. The van der Waals surface area contributed by atoms with Crippen molar-refractivity contribution in [3.63, 3.8) is 0 Å². The van der Waals surface area contributed by atoms with Crippen molar-refractivity contribution in [2.75, 3.05) is 13.2 Å². The molecule has 0 atom stereocenters. The zero-order valence-corrected chi connectivity index (χ0v) is 10.3. The Morgan fingerprint density at radius 1 is 1.25 bits per heavy atom. The van der Waals surface area contributed by atoms with Crippen LogP contribution in [0.15, 0.2) is 28.7 Å². The van der Waals surface area contributed by atoms with Gasteiger partial charge >= 0.3 is 5.97 Å². The highest BCUT2D eigenvalue weighted by Gasteiger charge is 2.20. The van der Waals surface area contributed by atoms with Gasteiger partial charge in [0.1, 0.15) is 13.2 Å². The lowest BCUT2D eigenvalue weighted by molar-refractivity contribution is -0.131. The van der Waals surface area contributed by atoms with Gasteiger partial charge in [0.2, 0.25) is 5.89 Å². The van der Waals surface area contributed by atoms with E-state index in [-0.39, 0.29) is 11.8 Å². The van der Waals surface area contributed by atoms with Crippen LogP contribution in [-0.2, 0) is 4.79 Å². The molecular weight excluding hydrogens is 264 g/mol. The van der Waals surface area contributed by atoms with Crippen LogP contribution in [0.2, 0.25) is 0 Å². The third-order valence-corrected chi connectivity index (χ3v) is 2.61. The van der Waals surface area contributed by atoms with Crippen LogP contribution in [0, 0.1) is 0 Å². The predicted molar refractivity (Wildman–Crippen MR) is 67.4 cm³/mol. The summed E-state index contributed by atoms with van der Waals surface area (Å²) in [5.41, 5.74) is 0.615. The van der Waals surface area contributed by atoms with Crippen molar-refractivity contribution in [3.8, 4) is 23.0 Å². The number of ether oxygens (including phenoxy) is 2. The Hall–Kier alpha value is -2.83. The zero-order valence-electron chi connectivity index (χ0n) is 10.3. The van der Waals surface area contributed by atoms with Crippen molar-refractivity contribution >= 4 is 12.0 Å². The van der Waals surface area contributed by atoms with Gasteiger partial charge in [0.05, 0.1) is 5.56 Å². The molecule has 1 aliphatic rings. The van der Waals surface area contributed by atoms with Crippen molar-refractivity contribution in [1.82, 2.24) is 10.2 Å². The minimum Gasteiger partial charge on any atom is -0.486 e. The van der Waals surface area contributed by atoms with E-state index >= 15 is 0 Å². The summed E-state index contributed by atoms with van der Waals surface area (Å²) in [6.07, 6.45) is 2.16. The van der Waals surface area contributed by atoms with E-state index in [1.54, 1.807) is 18.2 Å². The van der Waals surface area contributed by atoms with E-state index in [0.29, 0.717) is 30.3 Å². The SMILES string of the molecule is O=C(O)/C=C/c1nnc(-c2cccc3c2OCCO3)o1. The van der Waals surface area contributed by atoms with Gasteiger partial charge in [-0.3, -0.25) is 0 Å². The standard InChI is InChI=1S/C13H10N2O5/c16-11(17)5-4-10-14-15-13(20-10)8-2-1-3-9-12(8)19-7-6-18-9/h1-5H,6-7H2,(H,16,17)/b5-4+. The first kappa shape index (κ1) is 12.2. The molecule has 0 fully saturated rings. The predicted octanol–water partition coefficient (Wildman–Crippen LogP) is 1.61. The minimum absolute atomic E-state index is 0.108. The molecule has 0 unspecified atom stereocenters. The fourth-order valence-electron chi connectivity index (χ4n) is 1.80. The molecule has 1 N–H and O–H groups in total. The smallest absolute Gasteiger partial charge is 0.328 e. The number of benzene rings is 1. The second-order valence-corrected chi connectivity index (χ2v) is 3.95. The van der Waals surface area contributed by atoms with Crippen molar-refractivity contribution in [2.45, 2.75) is 0 Å². The Morgan fingerprint density at radius 3 is 2.95 bits per heavy atom. The first-order valence-electron chi connectivity index (χ1n) is 5.87. The number of rotatable bonds is 3. The van der Waals surface area contributed by atoms with Gasteiger partial charge in [0.15, 0.2) is 11.5 Å². The summed E-state index contributed by atoms with van der Waals surface area (Å²) >= 11 is 0. The van der Waals surface area contributed by atoms with E-state index in [0.717, 1.165) is 6.08 Å². The largest absolute Gasteiger partial charge is 0.486 e. The van der Waals surface area contributed by atoms with E-state index in [2.05, 4.69) is 10.2 Å². The van der Waals surface area contributed by atoms with Gasteiger partial charge in [0.25, 0.3) is 5.89 Å². The second kappa shape index (κ2) is 5.04. The fourth-order valence-corrected chi connectivity index (χ4v) is 1.80. The number of carbonyl (C=O) groups is 1. The number of aromatic nitrogens is 2. The van der Waals surface area contributed by atoms with E-state index in [1.807, 2.05) is 0 Å². The quantitative estimate of drug-likeness (QED) is 0.849. The van der Waals surface area contributed by atoms with Gasteiger partial charge in [-0.05, 0) is 12.1 Å². The molecule has 2 aromatic rings. The molecule has 3 rings (SSSR count). The molecule has 7 heteroatoms. The maximum absolute atomic E-state index is 10.4. The van der Waals surface area contributed by atoms with Crippen LogP contribution in [0.3, 0.4) is 0 Å². The Balaban J connectivity index is 1.96. The molecular formula is C13H10N2O5. The van der Waals surface area contributed by atoms with Crippen LogP contribution in [0.1, 0.15) is 5.89 Å². The summed E-state index contributed by atoms with van der Waals surface area (Å²) in [5, 5.41) is 16.2. The topological polar surface area (TPSA) is 94.7 Å². The number of nitrogens with zero attached hydrogens (tertiary/aromatic N) is 2. The average molecular weight is 274 g/mol. The summed E-state index contributed by atoms with van der Waals surface area (Å²) in [5.74, 6) is 0.443. The lowest BCUT2D eigenvalue weighted by Crippen LogP contribution is -2.15. The van der Waals surface area contributed by atoms with Gasteiger partial charge in [0, 0.05) is 12.2 Å². The number of aliphatic carboxylic acids is 1. The summed E-state index contributed by atoms with van der Waals surface area (Å²) in [6, 6.07) is 5.35. The molecule has 102 valence electrons. The van der Waals surface area contributed by atoms with Crippen LogP contribution >= 0.6 is 0 Å². The molecule has 1 aromatic heterocycles. The van der Waals surface area contributed by atoms with Crippen LogP contribution in [0.4, 0.5) is 0 Å². The van der Waals surface area contributed by atoms with Gasteiger partial charge in [-0.25, -0.2) is 4.79 Å². The normalized spacial score (nSPS) is 13.6. The highest BCUT2D eigenvalue weighted by atomic mass is 16.6. The monoisotopic (exact) mass is 274 g/mol. The van der Waals surface area contributed by atoms with Crippen molar-refractivity contribution in [2.24, 2.45) is 0 Å². The third kappa shape index (κ3) is 2.33. The zero-order chi connectivity index (χ0) is 13.9. The Morgan fingerprint density at radius 2 is 2.10 bits per heavy atom. The molecule has 1 aromatic carbocycles. The molecule has 0 saturated heterocycles. The van der Waals surface area contributed by atoms with Crippen LogP contribution < -0.4 is 9.47 Å². The number of hydrogen-bond donors (Lipinski definition) is 1. The molecule has 0 saturated carbocycles. The average Bonchev–Trinajstić information content (AvgIpc) is 2.93. The highest BCUT2D eigenvalue weighted by Crippen LogP contribution is 2.39. The lowest BCUT2D eigenvalue weighted by Gasteiger charge is -2.19. The molecule has 20 heavy (non-hydrogen) atoms. The number of carboxylic acid groups (broad SMARTS) is 1. The number of para-hydroxylation sites is 1. The van der Waals surface area contributed by atoms with Gasteiger partial charge in [-0.2, -0.15) is 0 Å². The van der Waals surface area contributed by atoms with Crippen molar-refractivity contribution in [3.05, 3.63) is 30.2 Å². The molecule has 0 bridgehead atoms. The Kier molecular flexibility index (Phi) is 3.08. The first-order chi connectivity index (χ1) is 9.74. The molecule has 0 amide bonds. The maximum atomic E-state index is 10.4. The van der Waals surface area contributed by atoms with E-state index in [1.165, 1.54) is 6.08 Å². The van der Waals surface area contributed by atoms with Gasteiger partial charge < -0.3 is 19.0 Å². The van der Waals surface area contributed by atoms with Crippen molar-refractivity contribution in [1.29, 1.82) is 0 Å². The summed E-state index contributed by atoms with van der Waals surface area (Å²) in [4.78, 5) is 10.4. The first-order valence-corrected chi connectivity index (χ1v) is 5.87. The van der Waals surface area contributed by atoms with Gasteiger partial charge in [-0.1, -0.05) is 6.07 Å². The third-order valence-electron chi connectivity index (χ3n) is 2.61. The molecule has 7 nitrogen and oxygen atoms in total. The second-order valence-electron chi connectivity index (χ2n) is 3.95. The Bertz CT molecular complexity index is 677. The molecule has 0 radical (unpaired) electrons. The molecule has 1 aliphatic heterocycles. The van der Waals surface area contributed by atoms with Crippen molar-refractivity contribution < 1.29 is 23.8 Å². The maximum Gasteiger partial charge on any atom is 0.328 e. The molecule has 0 spiro atoms. The van der Waals surface area contributed by atoms with Gasteiger partial charge in [-0.15, -0.1) is 10.2 Å².